The Bertz CT molecular complexity index is 1180. The number of morpholine rings is 1. The molecule has 0 radical (unpaired) electrons. The zero-order chi connectivity index (χ0) is 23.7. The molecule has 3 fully saturated rings. The zero-order valence-corrected chi connectivity index (χ0v) is 20.1. The van der Waals surface area contributed by atoms with Gasteiger partial charge in [0.25, 0.3) is 0 Å². The predicted octanol–water partition coefficient (Wildman–Crippen LogP) is 2.82. The summed E-state index contributed by atoms with van der Waals surface area (Å²) in [5.41, 5.74) is 4.36. The topological polar surface area (TPSA) is 71.3 Å². The number of fused-ring (bicyclic) bond motifs is 1. The quantitative estimate of drug-likeness (QED) is 0.591. The minimum absolute atomic E-state index is 0.164. The van der Waals surface area contributed by atoms with Gasteiger partial charge in [0.1, 0.15) is 12.4 Å². The van der Waals surface area contributed by atoms with E-state index in [1.807, 2.05) is 29.0 Å². The van der Waals surface area contributed by atoms with Crippen molar-refractivity contribution in [2.45, 2.75) is 19.3 Å². The van der Waals surface area contributed by atoms with E-state index in [9.17, 15) is 4.79 Å². The fourth-order valence-electron chi connectivity index (χ4n) is 5.71. The number of carbonyl (C=O) groups excluding carboxylic acids is 1. The molecule has 1 spiro atoms. The summed E-state index contributed by atoms with van der Waals surface area (Å²) in [5, 5.41) is 7.67. The van der Waals surface area contributed by atoms with Crippen molar-refractivity contribution < 1.29 is 14.3 Å². The third-order valence-electron chi connectivity index (χ3n) is 7.90. The van der Waals surface area contributed by atoms with Crippen LogP contribution in [0.4, 0.5) is 5.69 Å². The molecule has 0 saturated carbocycles. The van der Waals surface area contributed by atoms with E-state index in [1.165, 1.54) is 5.69 Å². The van der Waals surface area contributed by atoms with Crippen molar-refractivity contribution in [1.82, 2.24) is 19.8 Å². The molecule has 3 aliphatic rings. The van der Waals surface area contributed by atoms with Crippen molar-refractivity contribution in [2.24, 2.45) is 5.41 Å². The summed E-state index contributed by atoms with van der Waals surface area (Å²) in [6.45, 7) is 7.74. The molecule has 1 amide bonds. The summed E-state index contributed by atoms with van der Waals surface area (Å²) < 4.78 is 13.4. The Kier molecular flexibility index (Phi) is 6.08. The van der Waals surface area contributed by atoms with Gasteiger partial charge < -0.3 is 19.7 Å². The Morgan fingerprint density at radius 3 is 2.57 bits per heavy atom. The molecule has 6 rings (SSSR count). The van der Waals surface area contributed by atoms with E-state index in [0.717, 1.165) is 94.1 Å². The molecule has 2 aromatic heterocycles. The molecular weight excluding hydrogens is 442 g/mol. The van der Waals surface area contributed by atoms with E-state index >= 15 is 0 Å². The summed E-state index contributed by atoms with van der Waals surface area (Å²) in [7, 11) is 0. The van der Waals surface area contributed by atoms with Crippen LogP contribution in [-0.2, 0) is 9.53 Å². The van der Waals surface area contributed by atoms with Crippen LogP contribution in [0.3, 0.4) is 0 Å². The maximum atomic E-state index is 12.4. The first-order valence-corrected chi connectivity index (χ1v) is 12.7. The lowest BCUT2D eigenvalue weighted by Crippen LogP contribution is -2.44. The van der Waals surface area contributed by atoms with Gasteiger partial charge in [0.05, 0.1) is 36.0 Å². The first-order chi connectivity index (χ1) is 17.2. The van der Waals surface area contributed by atoms with Gasteiger partial charge >= 0.3 is 0 Å². The van der Waals surface area contributed by atoms with E-state index < -0.39 is 0 Å². The van der Waals surface area contributed by atoms with E-state index in [1.54, 1.807) is 0 Å². The summed E-state index contributed by atoms with van der Waals surface area (Å²) >= 11 is 0. The number of ether oxygens (including phenoxy) is 2. The highest BCUT2D eigenvalue weighted by molar-refractivity contribution is 5.90. The standard InChI is InChI=1S/C27H33N5O3/c33-26-27(7-10-28-26)8-12-31(13-9-27)24-2-1-11-32-25(24)23(20-29-32)21-3-5-22(6-4-21)35-19-16-30-14-17-34-18-15-30/h1-6,11,20H,7-10,12-19H2,(H,28,33). The van der Waals surface area contributed by atoms with Gasteiger partial charge in [-0.2, -0.15) is 5.10 Å². The molecule has 8 nitrogen and oxygen atoms in total. The number of hydrogen-bond acceptors (Lipinski definition) is 6. The Labute approximate surface area is 205 Å². The van der Waals surface area contributed by atoms with Crippen molar-refractivity contribution in [3.05, 3.63) is 48.8 Å². The molecule has 35 heavy (non-hydrogen) atoms. The highest BCUT2D eigenvalue weighted by atomic mass is 16.5. The second kappa shape index (κ2) is 9.51. The minimum atomic E-state index is -0.164. The number of nitrogens with one attached hydrogen (secondary N) is 1. The lowest BCUT2D eigenvalue weighted by Gasteiger charge is -2.38. The average Bonchev–Trinajstić information content (AvgIpc) is 3.49. The lowest BCUT2D eigenvalue weighted by molar-refractivity contribution is -0.128. The fraction of sp³-hybridized carbons (Fsp3) is 0.481. The average molecular weight is 476 g/mol. The van der Waals surface area contributed by atoms with Crippen LogP contribution in [0.25, 0.3) is 16.6 Å². The van der Waals surface area contributed by atoms with E-state index in [4.69, 9.17) is 9.47 Å². The van der Waals surface area contributed by atoms with Crippen LogP contribution < -0.4 is 15.0 Å². The van der Waals surface area contributed by atoms with Crippen LogP contribution in [0.5, 0.6) is 5.75 Å². The normalized spacial score (nSPS) is 20.5. The largest absolute Gasteiger partial charge is 0.492 e. The molecule has 184 valence electrons. The lowest BCUT2D eigenvalue weighted by atomic mass is 9.77. The number of hydrogen-bond donors (Lipinski definition) is 1. The van der Waals surface area contributed by atoms with Gasteiger partial charge in [0.15, 0.2) is 0 Å². The van der Waals surface area contributed by atoms with E-state index in [0.29, 0.717) is 6.61 Å². The Morgan fingerprint density at radius 1 is 1.03 bits per heavy atom. The van der Waals surface area contributed by atoms with Gasteiger partial charge in [-0.25, -0.2) is 4.52 Å². The van der Waals surface area contributed by atoms with Crippen LogP contribution in [0, 0.1) is 5.41 Å². The summed E-state index contributed by atoms with van der Waals surface area (Å²) in [4.78, 5) is 17.2. The number of carbonyl (C=O) groups is 1. The number of anilines is 1. The summed E-state index contributed by atoms with van der Waals surface area (Å²) in [6.07, 6.45) is 6.71. The smallest absolute Gasteiger partial charge is 0.226 e. The minimum Gasteiger partial charge on any atom is -0.492 e. The maximum absolute atomic E-state index is 12.4. The van der Waals surface area contributed by atoms with Crippen molar-refractivity contribution in [3.63, 3.8) is 0 Å². The molecule has 3 aromatic rings. The molecule has 1 N–H and O–H groups in total. The first-order valence-electron chi connectivity index (χ1n) is 12.7. The molecule has 1 aromatic carbocycles. The highest BCUT2D eigenvalue weighted by Gasteiger charge is 2.44. The van der Waals surface area contributed by atoms with Crippen LogP contribution >= 0.6 is 0 Å². The van der Waals surface area contributed by atoms with E-state index in [-0.39, 0.29) is 11.3 Å². The highest BCUT2D eigenvalue weighted by Crippen LogP contribution is 2.41. The SMILES string of the molecule is O=C1NCCC12CCN(c1cccn3ncc(-c4ccc(OCCN5CCOCC5)cc4)c13)CC2. The molecule has 0 unspecified atom stereocenters. The summed E-state index contributed by atoms with van der Waals surface area (Å²) in [6, 6.07) is 12.6. The Balaban J connectivity index is 1.17. The van der Waals surface area contributed by atoms with Crippen molar-refractivity contribution >= 4 is 17.1 Å². The number of piperidine rings is 1. The maximum Gasteiger partial charge on any atom is 0.226 e. The van der Waals surface area contributed by atoms with Crippen LogP contribution in [0.2, 0.25) is 0 Å². The number of nitrogens with zero attached hydrogens (tertiary/aromatic N) is 4. The first kappa shape index (κ1) is 22.4. The third kappa shape index (κ3) is 4.36. The van der Waals surface area contributed by atoms with Gasteiger partial charge in [-0.1, -0.05) is 12.1 Å². The monoisotopic (exact) mass is 475 g/mol. The molecular formula is C27H33N5O3. The van der Waals surface area contributed by atoms with Crippen LogP contribution in [0.1, 0.15) is 19.3 Å². The second-order valence-electron chi connectivity index (χ2n) is 9.84. The van der Waals surface area contributed by atoms with Crippen LogP contribution in [0.15, 0.2) is 48.8 Å². The fourth-order valence-corrected chi connectivity index (χ4v) is 5.71. The Morgan fingerprint density at radius 2 is 1.83 bits per heavy atom. The van der Waals surface area contributed by atoms with Gasteiger partial charge in [0.2, 0.25) is 5.91 Å². The zero-order valence-electron chi connectivity index (χ0n) is 20.1. The van der Waals surface area contributed by atoms with Gasteiger partial charge in [0, 0.05) is 51.0 Å². The number of amides is 1. The van der Waals surface area contributed by atoms with Crippen molar-refractivity contribution in [3.8, 4) is 16.9 Å². The number of pyridine rings is 1. The number of benzene rings is 1. The van der Waals surface area contributed by atoms with Crippen LogP contribution in [-0.4, -0.2) is 79.5 Å². The number of aromatic nitrogens is 2. The summed E-state index contributed by atoms with van der Waals surface area (Å²) in [5.74, 6) is 1.13. The van der Waals surface area contributed by atoms with E-state index in [2.05, 4.69) is 44.5 Å². The van der Waals surface area contributed by atoms with Gasteiger partial charge in [-0.15, -0.1) is 0 Å². The molecule has 0 atom stereocenters. The number of rotatable bonds is 6. The van der Waals surface area contributed by atoms with Gasteiger partial charge in [-0.3, -0.25) is 9.69 Å². The molecule has 3 saturated heterocycles. The molecule has 3 aliphatic heterocycles. The molecule has 8 heteroatoms. The predicted molar refractivity (Wildman–Crippen MR) is 135 cm³/mol. The third-order valence-corrected chi connectivity index (χ3v) is 7.90. The second-order valence-corrected chi connectivity index (χ2v) is 9.84. The molecule has 0 bridgehead atoms. The van der Waals surface area contributed by atoms with Crippen molar-refractivity contribution in [1.29, 1.82) is 0 Å². The van der Waals surface area contributed by atoms with Gasteiger partial charge in [-0.05, 0) is 49.1 Å². The molecule has 0 aliphatic carbocycles. The van der Waals surface area contributed by atoms with Crippen molar-refractivity contribution in [2.75, 3.05) is 64.0 Å². The Hall–Kier alpha value is -3.10. The molecule has 5 heterocycles.